The van der Waals surface area contributed by atoms with Crippen molar-refractivity contribution in [3.63, 3.8) is 0 Å². The molecule has 4 aromatic carbocycles. The van der Waals surface area contributed by atoms with E-state index in [0.717, 1.165) is 23.3 Å². The first-order valence-corrected chi connectivity index (χ1v) is 13.5. The van der Waals surface area contributed by atoms with Gasteiger partial charge in [-0.15, -0.1) is 0 Å². The van der Waals surface area contributed by atoms with Gasteiger partial charge < -0.3 is 4.90 Å². The van der Waals surface area contributed by atoms with Crippen LogP contribution in [0.2, 0.25) is 0 Å². The molecule has 11 heteroatoms. The van der Waals surface area contributed by atoms with Crippen molar-refractivity contribution in [1.82, 2.24) is 4.90 Å². The lowest BCUT2D eigenvalue weighted by Crippen LogP contribution is -2.30. The van der Waals surface area contributed by atoms with Crippen LogP contribution in [0.15, 0.2) is 114 Å². The first kappa shape index (κ1) is 30.3. The molecule has 4 rings (SSSR count). The Bertz CT molecular complexity index is 1570. The van der Waals surface area contributed by atoms with Gasteiger partial charge in [0.15, 0.2) is 5.78 Å². The van der Waals surface area contributed by atoms with Crippen LogP contribution in [0.5, 0.6) is 0 Å². The topological polar surface area (TPSA) is 148 Å². The summed E-state index contributed by atoms with van der Waals surface area (Å²) in [6.45, 7) is 0.772. The van der Waals surface area contributed by atoms with E-state index in [1.54, 1.807) is 35.2 Å². The maximum atomic E-state index is 13.5. The predicted molar refractivity (Wildman–Crippen MR) is 163 cm³/mol. The molecule has 4 aromatic rings. The summed E-state index contributed by atoms with van der Waals surface area (Å²) in [6, 6.07) is 30.9. The minimum absolute atomic E-state index is 0.0323. The second kappa shape index (κ2) is 14.8. The van der Waals surface area contributed by atoms with Gasteiger partial charge in [0, 0.05) is 36.9 Å². The second-order valence-corrected chi connectivity index (χ2v) is 9.69. The van der Waals surface area contributed by atoms with Crippen molar-refractivity contribution in [3.05, 3.63) is 146 Å². The zero-order valence-corrected chi connectivity index (χ0v) is 23.2. The Morgan fingerprint density at radius 3 is 1.81 bits per heavy atom. The largest absolute Gasteiger partial charge is 0.334 e. The van der Waals surface area contributed by atoms with E-state index in [-0.39, 0.29) is 36.6 Å². The maximum Gasteiger partial charge on any atom is 0.301 e. The number of hydrazone groups is 1. The number of hydrogen-bond acceptors (Lipinski definition) is 8. The number of ketones is 1. The van der Waals surface area contributed by atoms with Crippen molar-refractivity contribution in [2.75, 3.05) is 5.43 Å². The molecule has 218 valence electrons. The zero-order valence-electron chi connectivity index (χ0n) is 23.2. The molecule has 11 nitrogen and oxygen atoms in total. The number of hydrogen-bond donors (Lipinski definition) is 1. The summed E-state index contributed by atoms with van der Waals surface area (Å²) in [7, 11) is 0. The van der Waals surface area contributed by atoms with Gasteiger partial charge in [-0.2, -0.15) is 5.10 Å². The predicted octanol–water partition coefficient (Wildman–Crippen LogP) is 6.55. The monoisotopic (exact) mass is 579 g/mol. The van der Waals surface area contributed by atoms with Crippen molar-refractivity contribution in [2.24, 2.45) is 5.10 Å². The highest BCUT2D eigenvalue weighted by molar-refractivity contribution is 6.10. The number of amides is 1. The highest BCUT2D eigenvalue weighted by atomic mass is 16.6. The molecule has 0 unspecified atom stereocenters. The average Bonchev–Trinajstić information content (AvgIpc) is 3.03. The van der Waals surface area contributed by atoms with E-state index in [2.05, 4.69) is 10.5 Å². The van der Waals surface area contributed by atoms with E-state index in [9.17, 15) is 29.8 Å². The van der Waals surface area contributed by atoms with Gasteiger partial charge in [-0.3, -0.25) is 35.2 Å². The van der Waals surface area contributed by atoms with Crippen molar-refractivity contribution >= 4 is 34.5 Å². The molecule has 0 saturated carbocycles. The van der Waals surface area contributed by atoms with Crippen LogP contribution in [0.1, 0.15) is 40.7 Å². The fraction of sp³-hybridized carbons (Fsp3) is 0.156. The van der Waals surface area contributed by atoms with Crippen molar-refractivity contribution in [3.8, 4) is 0 Å². The molecule has 0 spiro atoms. The lowest BCUT2D eigenvalue weighted by molar-refractivity contribution is -0.393. The molecular formula is C32H29N5O6. The Kier molecular flexibility index (Phi) is 10.4. The number of nitrogens with zero attached hydrogens (tertiary/aromatic N) is 4. The summed E-state index contributed by atoms with van der Waals surface area (Å²) < 4.78 is 0. The first-order chi connectivity index (χ1) is 20.8. The summed E-state index contributed by atoms with van der Waals surface area (Å²) in [5.74, 6) is -0.397. The molecule has 0 saturated heterocycles. The Hall–Kier alpha value is -5.71. The molecule has 0 bridgehead atoms. The molecule has 43 heavy (non-hydrogen) atoms. The summed E-state index contributed by atoms with van der Waals surface area (Å²) in [5, 5.41) is 27.0. The normalized spacial score (nSPS) is 11.0. The van der Waals surface area contributed by atoms with Crippen LogP contribution in [0.25, 0.3) is 0 Å². The number of Topliss-reactive ketones (excluding diaryl/α,β-unsaturated/α-hetero) is 1. The number of carbonyl (C=O) groups is 2. The number of benzene rings is 4. The van der Waals surface area contributed by atoms with Crippen molar-refractivity contribution in [2.45, 2.75) is 32.4 Å². The molecule has 0 fully saturated rings. The van der Waals surface area contributed by atoms with Crippen LogP contribution in [0.3, 0.4) is 0 Å². The molecule has 1 amide bonds. The zero-order chi connectivity index (χ0) is 30.6. The molecule has 0 radical (unpaired) electrons. The number of carbonyl (C=O) groups excluding carboxylic acids is 2. The van der Waals surface area contributed by atoms with Gasteiger partial charge in [0.1, 0.15) is 5.69 Å². The van der Waals surface area contributed by atoms with E-state index >= 15 is 0 Å². The van der Waals surface area contributed by atoms with Gasteiger partial charge in [-0.25, -0.2) is 0 Å². The van der Waals surface area contributed by atoms with Gasteiger partial charge >= 0.3 is 5.69 Å². The summed E-state index contributed by atoms with van der Waals surface area (Å²) in [6.07, 6.45) is -0.00167. The Labute approximate surface area is 247 Å². The summed E-state index contributed by atoms with van der Waals surface area (Å²) in [4.78, 5) is 49.5. The standard InChI is InChI=1S/C32H29N5O6/c38-31(26-14-8-3-9-15-26)20-27(33-34-29-18-17-28(36(40)41)21-30(29)37(42)43)16-19-32(39)35(22-24-10-4-1-5-11-24)23-25-12-6-2-7-13-25/h1-15,17-18,21,34H,16,19-20,22-23H2/b33-27-. The number of nitrogens with one attached hydrogen (secondary N) is 1. The van der Waals surface area contributed by atoms with Crippen LogP contribution < -0.4 is 5.43 Å². The molecule has 0 aliphatic carbocycles. The van der Waals surface area contributed by atoms with Crippen LogP contribution in [-0.4, -0.2) is 32.1 Å². The molecular weight excluding hydrogens is 550 g/mol. The number of nitro benzene ring substituents is 2. The summed E-state index contributed by atoms with van der Waals surface area (Å²) >= 11 is 0. The van der Waals surface area contributed by atoms with Gasteiger partial charge in [0.2, 0.25) is 5.91 Å². The van der Waals surface area contributed by atoms with E-state index < -0.39 is 21.2 Å². The Morgan fingerprint density at radius 1 is 0.721 bits per heavy atom. The fourth-order valence-electron chi connectivity index (χ4n) is 4.36. The fourth-order valence-corrected chi connectivity index (χ4v) is 4.36. The second-order valence-electron chi connectivity index (χ2n) is 9.69. The number of nitro groups is 2. The van der Waals surface area contributed by atoms with Crippen LogP contribution in [-0.2, 0) is 17.9 Å². The third kappa shape index (κ3) is 8.89. The smallest absolute Gasteiger partial charge is 0.301 e. The molecule has 0 aromatic heterocycles. The third-order valence-corrected chi connectivity index (χ3v) is 6.60. The Balaban J connectivity index is 1.56. The van der Waals surface area contributed by atoms with E-state index in [4.69, 9.17) is 0 Å². The average molecular weight is 580 g/mol. The van der Waals surface area contributed by atoms with Crippen LogP contribution in [0, 0.1) is 20.2 Å². The molecule has 1 N–H and O–H groups in total. The van der Waals surface area contributed by atoms with Crippen LogP contribution in [0.4, 0.5) is 17.1 Å². The number of anilines is 1. The Morgan fingerprint density at radius 2 is 1.28 bits per heavy atom. The SMILES string of the molecule is O=C(C/C(CCC(=O)N(Cc1ccccc1)Cc1ccccc1)=N\Nc1ccc([N+](=O)[O-])cc1[N+](=O)[O-])c1ccccc1. The van der Waals surface area contributed by atoms with Crippen molar-refractivity contribution < 1.29 is 19.4 Å². The van der Waals surface area contributed by atoms with E-state index in [1.807, 2.05) is 60.7 Å². The lowest BCUT2D eigenvalue weighted by atomic mass is 10.0. The minimum atomic E-state index is -0.756. The van der Waals surface area contributed by atoms with Gasteiger partial charge in [-0.05, 0) is 23.6 Å². The van der Waals surface area contributed by atoms with Gasteiger partial charge in [0.25, 0.3) is 5.69 Å². The van der Waals surface area contributed by atoms with Crippen molar-refractivity contribution in [1.29, 1.82) is 0 Å². The van der Waals surface area contributed by atoms with E-state index in [1.165, 1.54) is 6.07 Å². The molecule has 0 aliphatic rings. The number of non-ortho nitro benzene ring substituents is 1. The lowest BCUT2D eigenvalue weighted by Gasteiger charge is -2.23. The minimum Gasteiger partial charge on any atom is -0.334 e. The highest BCUT2D eigenvalue weighted by Crippen LogP contribution is 2.29. The third-order valence-electron chi connectivity index (χ3n) is 6.60. The maximum absolute atomic E-state index is 13.5. The highest BCUT2D eigenvalue weighted by Gasteiger charge is 2.21. The van der Waals surface area contributed by atoms with E-state index in [0.29, 0.717) is 24.4 Å². The van der Waals surface area contributed by atoms with Gasteiger partial charge in [-0.1, -0.05) is 91.0 Å². The summed E-state index contributed by atoms with van der Waals surface area (Å²) in [5.41, 5.74) is 4.22. The first-order valence-electron chi connectivity index (χ1n) is 13.5. The molecule has 0 aliphatic heterocycles. The molecule has 0 atom stereocenters. The molecule has 0 heterocycles. The van der Waals surface area contributed by atoms with Crippen LogP contribution >= 0.6 is 0 Å². The number of rotatable bonds is 14. The quantitative estimate of drug-likeness (QED) is 0.0770. The van der Waals surface area contributed by atoms with Gasteiger partial charge in [0.05, 0.1) is 22.3 Å².